The van der Waals surface area contributed by atoms with Crippen LogP contribution in [0.1, 0.15) is 42.6 Å². The summed E-state index contributed by atoms with van der Waals surface area (Å²) in [4.78, 5) is 29.4. The van der Waals surface area contributed by atoms with Gasteiger partial charge in [-0.2, -0.15) is 0 Å². The summed E-state index contributed by atoms with van der Waals surface area (Å²) >= 11 is 0. The van der Waals surface area contributed by atoms with Gasteiger partial charge >= 0.3 is 0 Å². The van der Waals surface area contributed by atoms with Gasteiger partial charge in [-0.05, 0) is 19.3 Å². The Morgan fingerprint density at radius 1 is 1.32 bits per heavy atom. The Morgan fingerprint density at radius 3 is 2.68 bits per heavy atom. The fourth-order valence-corrected chi connectivity index (χ4v) is 2.05. The molecule has 2 N–H and O–H groups in total. The van der Waals surface area contributed by atoms with Crippen molar-refractivity contribution >= 4 is 11.8 Å². The fraction of sp³-hybridized carbons (Fsp3) is 0.667. The molecule has 1 saturated heterocycles. The first-order valence-corrected chi connectivity index (χ1v) is 6.68. The van der Waals surface area contributed by atoms with Gasteiger partial charge in [0.15, 0.2) is 0 Å². The van der Waals surface area contributed by atoms with Crippen LogP contribution in [0.2, 0.25) is 0 Å². The second-order valence-electron chi connectivity index (χ2n) is 4.58. The van der Waals surface area contributed by atoms with Gasteiger partial charge in [-0.3, -0.25) is 14.7 Å². The number of aromatic amines is 1. The first-order chi connectivity index (χ1) is 9.20. The number of amides is 2. The second-order valence-corrected chi connectivity index (χ2v) is 4.58. The van der Waals surface area contributed by atoms with E-state index in [4.69, 9.17) is 0 Å². The number of nitrogens with zero attached hydrogens (tertiary/aromatic N) is 3. The van der Waals surface area contributed by atoms with E-state index in [2.05, 4.69) is 20.5 Å². The standard InChI is InChI=1S/C12H19N5O2/c1-2-9-14-11(16-15-9)12(19)13-8-10(18)17-6-4-3-5-7-17/h2-8H2,1H3,(H,13,19)(H,14,15,16). The maximum absolute atomic E-state index is 11.9. The van der Waals surface area contributed by atoms with Crippen LogP contribution in [0.5, 0.6) is 0 Å². The SMILES string of the molecule is CCc1nc(C(=O)NCC(=O)N2CCCCC2)n[nH]1. The summed E-state index contributed by atoms with van der Waals surface area (Å²) in [6.45, 7) is 3.50. The quantitative estimate of drug-likeness (QED) is 0.808. The number of aromatic nitrogens is 3. The highest BCUT2D eigenvalue weighted by molar-refractivity contribution is 5.93. The lowest BCUT2D eigenvalue weighted by atomic mass is 10.1. The Balaban J connectivity index is 1.80. The van der Waals surface area contributed by atoms with Crippen molar-refractivity contribution in [2.75, 3.05) is 19.6 Å². The monoisotopic (exact) mass is 265 g/mol. The molecule has 2 amide bonds. The minimum Gasteiger partial charge on any atom is -0.341 e. The van der Waals surface area contributed by atoms with Gasteiger partial charge in [-0.1, -0.05) is 6.92 Å². The lowest BCUT2D eigenvalue weighted by Crippen LogP contribution is -2.42. The summed E-state index contributed by atoms with van der Waals surface area (Å²) in [5.41, 5.74) is 0. The third-order valence-electron chi connectivity index (χ3n) is 3.18. The van der Waals surface area contributed by atoms with Crippen molar-refractivity contribution < 1.29 is 9.59 Å². The molecule has 7 heteroatoms. The molecule has 1 aromatic heterocycles. The molecule has 0 radical (unpaired) electrons. The molecule has 1 aromatic rings. The zero-order valence-electron chi connectivity index (χ0n) is 11.1. The van der Waals surface area contributed by atoms with Gasteiger partial charge in [0, 0.05) is 19.5 Å². The number of nitrogens with one attached hydrogen (secondary N) is 2. The normalized spacial score (nSPS) is 15.3. The van der Waals surface area contributed by atoms with Crippen LogP contribution in [0.3, 0.4) is 0 Å². The topological polar surface area (TPSA) is 91.0 Å². The van der Waals surface area contributed by atoms with Crippen LogP contribution in [0.4, 0.5) is 0 Å². The molecule has 0 bridgehead atoms. The van der Waals surface area contributed by atoms with Gasteiger partial charge in [0.1, 0.15) is 5.82 Å². The number of hydrogen-bond donors (Lipinski definition) is 2. The molecule has 7 nitrogen and oxygen atoms in total. The van der Waals surface area contributed by atoms with E-state index in [-0.39, 0.29) is 18.3 Å². The van der Waals surface area contributed by atoms with Crippen LogP contribution in [-0.4, -0.2) is 51.5 Å². The predicted octanol–water partition coefficient (Wildman–Crippen LogP) is 0.109. The first-order valence-electron chi connectivity index (χ1n) is 6.68. The Bertz CT molecular complexity index is 451. The average Bonchev–Trinajstić information content (AvgIpc) is 2.94. The van der Waals surface area contributed by atoms with Gasteiger partial charge in [-0.25, -0.2) is 4.98 Å². The number of hydrogen-bond acceptors (Lipinski definition) is 4. The third kappa shape index (κ3) is 3.52. The number of rotatable bonds is 4. The molecular formula is C12H19N5O2. The molecule has 0 saturated carbocycles. The molecule has 104 valence electrons. The maximum atomic E-state index is 11.9. The van der Waals surface area contributed by atoms with Gasteiger partial charge in [-0.15, -0.1) is 5.10 Å². The van der Waals surface area contributed by atoms with E-state index < -0.39 is 5.91 Å². The summed E-state index contributed by atoms with van der Waals surface area (Å²) in [6.07, 6.45) is 3.95. The van der Waals surface area contributed by atoms with Gasteiger partial charge in [0.25, 0.3) is 5.91 Å². The van der Waals surface area contributed by atoms with E-state index in [9.17, 15) is 9.59 Å². The van der Waals surface area contributed by atoms with E-state index in [0.717, 1.165) is 25.9 Å². The highest BCUT2D eigenvalue weighted by Crippen LogP contribution is 2.08. The number of likely N-dealkylation sites (tertiary alicyclic amines) is 1. The van der Waals surface area contributed by atoms with Crippen molar-refractivity contribution in [3.05, 3.63) is 11.6 Å². The van der Waals surface area contributed by atoms with Crippen LogP contribution >= 0.6 is 0 Å². The average molecular weight is 265 g/mol. The molecule has 19 heavy (non-hydrogen) atoms. The Hall–Kier alpha value is -1.92. The number of piperidine rings is 1. The number of aryl methyl sites for hydroxylation is 1. The van der Waals surface area contributed by atoms with Crippen LogP contribution in [0.25, 0.3) is 0 Å². The summed E-state index contributed by atoms with van der Waals surface area (Å²) in [7, 11) is 0. The van der Waals surface area contributed by atoms with E-state index in [1.54, 1.807) is 4.90 Å². The Kier molecular flexibility index (Phi) is 4.48. The molecular weight excluding hydrogens is 246 g/mol. The molecule has 1 aliphatic rings. The van der Waals surface area contributed by atoms with Gasteiger partial charge in [0.2, 0.25) is 11.7 Å². The van der Waals surface area contributed by atoms with Crippen LogP contribution in [0.15, 0.2) is 0 Å². The lowest BCUT2D eigenvalue weighted by molar-refractivity contribution is -0.130. The highest BCUT2D eigenvalue weighted by atomic mass is 16.2. The Labute approximate surface area is 111 Å². The molecule has 0 atom stereocenters. The minimum absolute atomic E-state index is 0.00876. The van der Waals surface area contributed by atoms with Crippen molar-refractivity contribution in [1.29, 1.82) is 0 Å². The second kappa shape index (κ2) is 6.31. The van der Waals surface area contributed by atoms with Crippen LogP contribution < -0.4 is 5.32 Å². The molecule has 1 aliphatic heterocycles. The molecule has 1 fully saturated rings. The third-order valence-corrected chi connectivity index (χ3v) is 3.18. The summed E-state index contributed by atoms with van der Waals surface area (Å²) in [5, 5.41) is 9.03. The fourth-order valence-electron chi connectivity index (χ4n) is 2.05. The van der Waals surface area contributed by atoms with Crippen molar-refractivity contribution in [3.8, 4) is 0 Å². The number of H-pyrrole nitrogens is 1. The summed E-state index contributed by atoms with van der Waals surface area (Å²) < 4.78 is 0. The zero-order valence-corrected chi connectivity index (χ0v) is 11.1. The van der Waals surface area contributed by atoms with Crippen LogP contribution in [0, 0.1) is 0 Å². The number of carbonyl (C=O) groups excluding carboxylic acids is 2. The van der Waals surface area contributed by atoms with E-state index in [0.29, 0.717) is 12.2 Å². The summed E-state index contributed by atoms with van der Waals surface area (Å²) in [5.74, 6) is 0.288. The predicted molar refractivity (Wildman–Crippen MR) is 68.5 cm³/mol. The molecule has 0 aromatic carbocycles. The van der Waals surface area contributed by atoms with Crippen LogP contribution in [-0.2, 0) is 11.2 Å². The molecule has 2 heterocycles. The Morgan fingerprint density at radius 2 is 2.05 bits per heavy atom. The molecule has 0 unspecified atom stereocenters. The minimum atomic E-state index is -0.415. The lowest BCUT2D eigenvalue weighted by Gasteiger charge is -2.26. The highest BCUT2D eigenvalue weighted by Gasteiger charge is 2.18. The van der Waals surface area contributed by atoms with Crippen molar-refractivity contribution in [1.82, 2.24) is 25.4 Å². The van der Waals surface area contributed by atoms with E-state index >= 15 is 0 Å². The van der Waals surface area contributed by atoms with E-state index in [1.807, 2.05) is 6.92 Å². The number of carbonyl (C=O) groups is 2. The van der Waals surface area contributed by atoms with Crippen molar-refractivity contribution in [2.45, 2.75) is 32.6 Å². The maximum Gasteiger partial charge on any atom is 0.291 e. The zero-order chi connectivity index (χ0) is 13.7. The van der Waals surface area contributed by atoms with Gasteiger partial charge < -0.3 is 10.2 Å². The molecule has 2 rings (SSSR count). The first kappa shape index (κ1) is 13.5. The smallest absolute Gasteiger partial charge is 0.291 e. The molecule has 0 spiro atoms. The van der Waals surface area contributed by atoms with Crippen molar-refractivity contribution in [2.24, 2.45) is 0 Å². The van der Waals surface area contributed by atoms with Crippen molar-refractivity contribution in [3.63, 3.8) is 0 Å². The van der Waals surface area contributed by atoms with Gasteiger partial charge in [0.05, 0.1) is 6.54 Å². The summed E-state index contributed by atoms with van der Waals surface area (Å²) in [6, 6.07) is 0. The largest absolute Gasteiger partial charge is 0.341 e. The molecule has 0 aliphatic carbocycles. The van der Waals surface area contributed by atoms with E-state index in [1.165, 1.54) is 6.42 Å².